The van der Waals surface area contributed by atoms with Crippen LogP contribution in [0.3, 0.4) is 0 Å². The average molecular weight is 308 g/mol. The fourth-order valence-corrected chi connectivity index (χ4v) is 3.13. The van der Waals surface area contributed by atoms with Gasteiger partial charge in [-0.15, -0.1) is 10.2 Å². The largest absolute Gasteiger partial charge is 0.284 e. The highest BCUT2D eigenvalue weighted by Gasteiger charge is 2.22. The van der Waals surface area contributed by atoms with Crippen LogP contribution in [0.2, 0.25) is 5.02 Å². The smallest absolute Gasteiger partial charge is 0.144 e. The van der Waals surface area contributed by atoms with Crippen LogP contribution in [0.4, 0.5) is 0 Å². The molecule has 0 radical (unpaired) electrons. The normalized spacial score (nSPS) is 16.5. The summed E-state index contributed by atoms with van der Waals surface area (Å²) in [4.78, 5) is 0. The van der Waals surface area contributed by atoms with Crippen molar-refractivity contribution in [2.24, 2.45) is 0 Å². The fraction of sp³-hybridized carbons (Fsp3) is 0.111. The Hall–Kier alpha value is -2.39. The zero-order valence-corrected chi connectivity index (χ0v) is 12.8. The third-order valence-corrected chi connectivity index (χ3v) is 4.23. The van der Waals surface area contributed by atoms with Gasteiger partial charge in [-0.05, 0) is 29.3 Å². The summed E-state index contributed by atoms with van der Waals surface area (Å²) in [5.41, 5.74) is 4.51. The molecule has 1 unspecified atom stereocenters. The first-order valence-corrected chi connectivity index (χ1v) is 7.59. The molecular weight excluding hydrogens is 294 g/mol. The molecule has 3 nitrogen and oxygen atoms in total. The van der Waals surface area contributed by atoms with Crippen LogP contribution in [0.25, 0.3) is 11.3 Å². The number of hydrogen-bond donors (Lipinski definition) is 0. The highest BCUT2D eigenvalue weighted by molar-refractivity contribution is 6.30. The lowest BCUT2D eigenvalue weighted by Gasteiger charge is -2.13. The van der Waals surface area contributed by atoms with Gasteiger partial charge in [-0.1, -0.05) is 54.9 Å². The molecule has 2 heterocycles. The van der Waals surface area contributed by atoms with Crippen LogP contribution in [0.1, 0.15) is 29.8 Å². The number of allylic oxidation sites excluding steroid dienone is 1. The van der Waals surface area contributed by atoms with Crippen molar-refractivity contribution in [2.75, 3.05) is 0 Å². The predicted molar refractivity (Wildman–Crippen MR) is 88.3 cm³/mol. The highest BCUT2D eigenvalue weighted by Crippen LogP contribution is 2.37. The summed E-state index contributed by atoms with van der Waals surface area (Å²) < 4.78 is 2.04. The second kappa shape index (κ2) is 5.11. The van der Waals surface area contributed by atoms with E-state index in [4.69, 9.17) is 11.6 Å². The third kappa shape index (κ3) is 2.06. The molecule has 4 heteroatoms. The number of aromatic nitrogens is 3. The summed E-state index contributed by atoms with van der Waals surface area (Å²) in [5.74, 6) is 1.11. The van der Waals surface area contributed by atoms with Crippen molar-refractivity contribution in [3.8, 4) is 5.69 Å². The summed E-state index contributed by atoms with van der Waals surface area (Å²) in [6.45, 7) is 2.14. The zero-order chi connectivity index (χ0) is 15.1. The molecule has 108 valence electrons. The van der Waals surface area contributed by atoms with E-state index in [9.17, 15) is 0 Å². The maximum Gasteiger partial charge on any atom is 0.144 e. The van der Waals surface area contributed by atoms with E-state index in [1.54, 1.807) is 6.33 Å². The average Bonchev–Trinajstić information content (AvgIpc) is 2.99. The van der Waals surface area contributed by atoms with Crippen LogP contribution >= 0.6 is 11.6 Å². The Morgan fingerprint density at radius 1 is 1.09 bits per heavy atom. The van der Waals surface area contributed by atoms with Crippen molar-refractivity contribution in [3.05, 3.63) is 82.9 Å². The minimum absolute atomic E-state index is 0.170. The lowest BCUT2D eigenvalue weighted by molar-refractivity contribution is 0.811. The molecule has 0 aliphatic carbocycles. The van der Waals surface area contributed by atoms with E-state index in [0.717, 1.165) is 22.1 Å². The van der Waals surface area contributed by atoms with Crippen LogP contribution in [-0.2, 0) is 0 Å². The lowest BCUT2D eigenvalue weighted by Crippen LogP contribution is -2.02. The second-order valence-corrected chi connectivity index (χ2v) is 5.89. The molecule has 0 saturated heterocycles. The van der Waals surface area contributed by atoms with Gasteiger partial charge in [0.1, 0.15) is 12.2 Å². The van der Waals surface area contributed by atoms with Crippen molar-refractivity contribution >= 4 is 17.2 Å². The van der Waals surface area contributed by atoms with Gasteiger partial charge in [-0.25, -0.2) is 0 Å². The molecule has 2 aromatic carbocycles. The van der Waals surface area contributed by atoms with Crippen LogP contribution in [0, 0.1) is 0 Å². The summed E-state index contributed by atoms with van der Waals surface area (Å²) in [5, 5.41) is 9.07. The van der Waals surface area contributed by atoms with Crippen molar-refractivity contribution in [2.45, 2.75) is 12.8 Å². The van der Waals surface area contributed by atoms with E-state index in [1.807, 2.05) is 28.8 Å². The van der Waals surface area contributed by atoms with Gasteiger partial charge in [0, 0.05) is 16.5 Å². The number of halogens is 1. The molecule has 1 aromatic heterocycles. The summed E-state index contributed by atoms with van der Waals surface area (Å²) in [6.07, 6.45) is 4.00. The van der Waals surface area contributed by atoms with E-state index in [0.29, 0.717) is 0 Å². The van der Waals surface area contributed by atoms with Gasteiger partial charge in [0.25, 0.3) is 0 Å². The maximum atomic E-state index is 6.25. The lowest BCUT2D eigenvalue weighted by atomic mass is 9.94. The minimum Gasteiger partial charge on any atom is -0.284 e. The van der Waals surface area contributed by atoms with Crippen LogP contribution in [0.5, 0.6) is 0 Å². The van der Waals surface area contributed by atoms with Crippen LogP contribution in [0.15, 0.2) is 60.9 Å². The van der Waals surface area contributed by atoms with E-state index in [-0.39, 0.29) is 5.92 Å². The Morgan fingerprint density at radius 2 is 1.91 bits per heavy atom. The van der Waals surface area contributed by atoms with E-state index >= 15 is 0 Å². The third-order valence-electron chi connectivity index (χ3n) is 3.99. The van der Waals surface area contributed by atoms with E-state index < -0.39 is 0 Å². The molecule has 1 aliphatic rings. The van der Waals surface area contributed by atoms with Gasteiger partial charge < -0.3 is 0 Å². The molecule has 0 amide bonds. The SMILES string of the molecule is CC1C=C(c2ccccc2)c2cc(Cl)ccc2-n2cnnc21. The zero-order valence-electron chi connectivity index (χ0n) is 12.1. The fourth-order valence-electron chi connectivity index (χ4n) is 2.96. The quantitative estimate of drug-likeness (QED) is 0.664. The Bertz CT molecular complexity index is 865. The predicted octanol–water partition coefficient (Wildman–Crippen LogP) is 4.47. The van der Waals surface area contributed by atoms with Crippen molar-refractivity contribution in [3.63, 3.8) is 0 Å². The molecule has 0 spiro atoms. The van der Waals surface area contributed by atoms with Gasteiger partial charge in [0.05, 0.1) is 5.69 Å². The molecule has 0 saturated carbocycles. The summed E-state index contributed by atoms with van der Waals surface area (Å²) in [7, 11) is 0. The Balaban J connectivity index is 2.03. The van der Waals surface area contributed by atoms with Crippen molar-refractivity contribution < 1.29 is 0 Å². The summed E-state index contributed by atoms with van der Waals surface area (Å²) in [6, 6.07) is 16.3. The highest BCUT2D eigenvalue weighted by atomic mass is 35.5. The van der Waals surface area contributed by atoms with E-state index in [2.05, 4.69) is 47.5 Å². The minimum atomic E-state index is 0.170. The molecule has 0 fully saturated rings. The number of fused-ring (bicyclic) bond motifs is 3. The van der Waals surface area contributed by atoms with Crippen molar-refractivity contribution in [1.82, 2.24) is 14.8 Å². The number of nitrogens with zero attached hydrogens (tertiary/aromatic N) is 3. The number of rotatable bonds is 1. The Labute approximate surface area is 133 Å². The van der Waals surface area contributed by atoms with E-state index in [1.165, 1.54) is 11.1 Å². The van der Waals surface area contributed by atoms with Crippen molar-refractivity contribution in [1.29, 1.82) is 0 Å². The monoisotopic (exact) mass is 307 g/mol. The second-order valence-electron chi connectivity index (χ2n) is 5.46. The molecule has 0 bridgehead atoms. The van der Waals surface area contributed by atoms with Gasteiger partial charge >= 0.3 is 0 Å². The first kappa shape index (κ1) is 13.3. The first-order valence-electron chi connectivity index (χ1n) is 7.21. The topological polar surface area (TPSA) is 30.7 Å². The molecule has 22 heavy (non-hydrogen) atoms. The standard InChI is InChI=1S/C18H14ClN3/c1-12-9-15(13-5-3-2-4-6-13)16-10-14(19)7-8-17(16)22-11-20-21-18(12)22/h2-12H,1H3. The van der Waals surface area contributed by atoms with Gasteiger partial charge in [-0.2, -0.15) is 0 Å². The van der Waals surface area contributed by atoms with Crippen LogP contribution in [-0.4, -0.2) is 14.8 Å². The maximum absolute atomic E-state index is 6.25. The molecule has 1 atom stereocenters. The molecule has 4 rings (SSSR count). The Morgan fingerprint density at radius 3 is 2.73 bits per heavy atom. The molecule has 3 aromatic rings. The number of hydrogen-bond acceptors (Lipinski definition) is 2. The van der Waals surface area contributed by atoms with Gasteiger partial charge in [-0.3, -0.25) is 4.57 Å². The molecular formula is C18H14ClN3. The van der Waals surface area contributed by atoms with Gasteiger partial charge in [0.15, 0.2) is 0 Å². The summed E-state index contributed by atoms with van der Waals surface area (Å²) >= 11 is 6.25. The van der Waals surface area contributed by atoms with Crippen LogP contribution < -0.4 is 0 Å². The molecule has 1 aliphatic heterocycles. The van der Waals surface area contributed by atoms with Gasteiger partial charge in [0.2, 0.25) is 0 Å². The first-order chi connectivity index (χ1) is 10.7. The Kier molecular flexibility index (Phi) is 3.09. The molecule has 0 N–H and O–H groups in total. The number of benzene rings is 2.